The van der Waals surface area contributed by atoms with Crippen molar-refractivity contribution in [2.75, 3.05) is 0 Å². The highest BCUT2D eigenvalue weighted by Crippen LogP contribution is 2.12. The minimum atomic E-state index is 0.465. The Hall–Kier alpha value is -0.980. The number of hydrogen-bond donors (Lipinski definition) is 1. The van der Waals surface area contributed by atoms with Gasteiger partial charge in [-0.2, -0.15) is 0 Å². The Morgan fingerprint density at radius 1 is 1.12 bits per heavy atom. The molecule has 92 valence electrons. The van der Waals surface area contributed by atoms with Gasteiger partial charge in [-0.1, -0.05) is 30.2 Å². The molecule has 1 heteroatoms. The van der Waals surface area contributed by atoms with Crippen molar-refractivity contribution in [1.82, 2.24) is 0 Å². The van der Waals surface area contributed by atoms with Crippen LogP contribution in [0.15, 0.2) is 35.6 Å². The average Bonchev–Trinajstić information content (AvgIpc) is 2.17. The first-order valence-electron chi connectivity index (χ1n) is 6.16. The summed E-state index contributed by atoms with van der Waals surface area (Å²) < 4.78 is 0. The number of aliphatic hydroxyl groups is 1. The second-order valence-electron chi connectivity index (χ2n) is 4.77. The molecule has 1 nitrogen and oxygen atoms in total. The molecule has 1 atom stereocenters. The van der Waals surface area contributed by atoms with Crippen LogP contribution in [0.5, 0.6) is 0 Å². The number of hydrogen-bond acceptors (Lipinski definition) is 1. The zero-order valence-electron chi connectivity index (χ0n) is 11.2. The molecule has 0 heterocycles. The molecule has 0 radical (unpaired) electrons. The Labute approximate surface area is 101 Å². The largest absolute Gasteiger partial charge is 0.516 e. The molecule has 0 aliphatic rings. The molecule has 0 rings (SSSR count). The lowest BCUT2D eigenvalue weighted by molar-refractivity contribution is 0.463. The summed E-state index contributed by atoms with van der Waals surface area (Å²) in [5.74, 6) is 0.465. The highest BCUT2D eigenvalue weighted by Gasteiger charge is 1.95. The van der Waals surface area contributed by atoms with E-state index in [1.165, 1.54) is 11.1 Å². The van der Waals surface area contributed by atoms with Gasteiger partial charge in [-0.3, -0.25) is 0 Å². The lowest BCUT2D eigenvalue weighted by Crippen LogP contribution is -1.88. The minimum absolute atomic E-state index is 0.465. The Kier molecular flexibility index (Phi) is 8.69. The summed E-state index contributed by atoms with van der Waals surface area (Å²) in [6, 6.07) is 0. The van der Waals surface area contributed by atoms with Crippen molar-refractivity contribution in [3.05, 3.63) is 35.6 Å². The van der Waals surface area contributed by atoms with Crippen molar-refractivity contribution < 1.29 is 5.11 Å². The van der Waals surface area contributed by atoms with Crippen LogP contribution < -0.4 is 0 Å². The van der Waals surface area contributed by atoms with Gasteiger partial charge in [-0.05, 0) is 58.4 Å². The minimum Gasteiger partial charge on any atom is -0.516 e. The van der Waals surface area contributed by atoms with Gasteiger partial charge in [0.25, 0.3) is 0 Å². The van der Waals surface area contributed by atoms with E-state index in [-0.39, 0.29) is 0 Å². The normalized spacial score (nSPS) is 14.1. The van der Waals surface area contributed by atoms with Gasteiger partial charge in [0.2, 0.25) is 0 Å². The molecule has 1 unspecified atom stereocenters. The van der Waals surface area contributed by atoms with Crippen molar-refractivity contribution in [3.63, 3.8) is 0 Å². The van der Waals surface area contributed by atoms with Crippen molar-refractivity contribution in [2.24, 2.45) is 5.92 Å². The van der Waals surface area contributed by atoms with Crippen LogP contribution in [0, 0.1) is 5.92 Å². The summed E-state index contributed by atoms with van der Waals surface area (Å²) >= 11 is 0. The fourth-order valence-electron chi connectivity index (χ4n) is 1.53. The molecule has 0 aliphatic carbocycles. The summed E-state index contributed by atoms with van der Waals surface area (Å²) in [4.78, 5) is 0. The van der Waals surface area contributed by atoms with E-state index in [0.29, 0.717) is 5.92 Å². The summed E-state index contributed by atoms with van der Waals surface area (Å²) in [6.07, 6.45) is 12.1. The molecular weight excluding hydrogens is 196 g/mol. The second kappa shape index (κ2) is 9.26. The third kappa shape index (κ3) is 9.57. The van der Waals surface area contributed by atoms with Crippen LogP contribution in [0.3, 0.4) is 0 Å². The smallest absolute Gasteiger partial charge is 0.0754 e. The number of aliphatic hydroxyl groups excluding tert-OH is 1. The molecule has 0 aliphatic heterocycles. The summed E-state index contributed by atoms with van der Waals surface area (Å²) in [6.45, 7) is 8.61. The van der Waals surface area contributed by atoms with Gasteiger partial charge in [0.05, 0.1) is 6.26 Å². The summed E-state index contributed by atoms with van der Waals surface area (Å²) in [5, 5.41) is 8.61. The van der Waals surface area contributed by atoms with Gasteiger partial charge in [-0.15, -0.1) is 0 Å². The molecule has 0 saturated heterocycles. The lowest BCUT2D eigenvalue weighted by atomic mass is 10.0. The quantitative estimate of drug-likeness (QED) is 0.465. The van der Waals surface area contributed by atoms with E-state index in [4.69, 9.17) is 5.11 Å². The van der Waals surface area contributed by atoms with Gasteiger partial charge in [0.1, 0.15) is 0 Å². The molecule has 0 saturated carbocycles. The molecule has 1 N–H and O–H groups in total. The van der Waals surface area contributed by atoms with Crippen molar-refractivity contribution in [1.29, 1.82) is 0 Å². The Balaban J connectivity index is 3.74. The second-order valence-corrected chi connectivity index (χ2v) is 4.77. The maximum absolute atomic E-state index is 8.61. The lowest BCUT2D eigenvalue weighted by Gasteiger charge is -2.03. The first kappa shape index (κ1) is 15.0. The van der Waals surface area contributed by atoms with Gasteiger partial charge < -0.3 is 5.11 Å². The third-order valence-electron chi connectivity index (χ3n) is 2.62. The van der Waals surface area contributed by atoms with Crippen molar-refractivity contribution in [2.45, 2.75) is 53.4 Å². The zero-order valence-corrected chi connectivity index (χ0v) is 11.2. The Bertz CT molecular complexity index is 255. The molecule has 0 amide bonds. The van der Waals surface area contributed by atoms with Gasteiger partial charge in [-0.25, -0.2) is 0 Å². The van der Waals surface area contributed by atoms with E-state index in [1.54, 1.807) is 0 Å². The predicted octanol–water partition coefficient (Wildman–Crippen LogP) is 5.17. The van der Waals surface area contributed by atoms with Crippen LogP contribution in [-0.2, 0) is 0 Å². The topological polar surface area (TPSA) is 20.2 Å². The molecule has 0 spiro atoms. The van der Waals surface area contributed by atoms with E-state index in [9.17, 15) is 0 Å². The zero-order chi connectivity index (χ0) is 12.4. The molecule has 0 aromatic rings. The highest BCUT2D eigenvalue weighted by atomic mass is 16.2. The molecule has 0 aromatic heterocycles. The fourth-order valence-corrected chi connectivity index (χ4v) is 1.53. The van der Waals surface area contributed by atoms with Crippen LogP contribution in [0.4, 0.5) is 0 Å². The standard InChI is InChI=1S/C15H26O/c1-13(2)7-5-8-14(3)9-6-10-15(4)11-12-16/h7,9,11-12,15-16H,5-6,8,10H2,1-4H3/b12-11-,14-9?. The van der Waals surface area contributed by atoms with E-state index in [2.05, 4.69) is 39.8 Å². The van der Waals surface area contributed by atoms with Crippen LogP contribution in [0.2, 0.25) is 0 Å². The van der Waals surface area contributed by atoms with Gasteiger partial charge >= 0.3 is 0 Å². The van der Waals surface area contributed by atoms with E-state index in [0.717, 1.165) is 31.9 Å². The molecule has 0 bridgehead atoms. The first-order chi connectivity index (χ1) is 7.56. The number of rotatable bonds is 7. The number of allylic oxidation sites excluding steroid dienone is 5. The monoisotopic (exact) mass is 222 g/mol. The Morgan fingerprint density at radius 3 is 2.38 bits per heavy atom. The van der Waals surface area contributed by atoms with E-state index >= 15 is 0 Å². The molecule has 0 fully saturated rings. The average molecular weight is 222 g/mol. The van der Waals surface area contributed by atoms with Gasteiger partial charge in [0, 0.05) is 0 Å². The van der Waals surface area contributed by atoms with Crippen LogP contribution >= 0.6 is 0 Å². The van der Waals surface area contributed by atoms with Gasteiger partial charge in [0.15, 0.2) is 0 Å². The van der Waals surface area contributed by atoms with Crippen molar-refractivity contribution >= 4 is 0 Å². The maximum atomic E-state index is 8.61. The Morgan fingerprint density at radius 2 is 1.81 bits per heavy atom. The SMILES string of the molecule is CC(C)=CCCC(C)=CCCC(C)/C=C\O. The predicted molar refractivity (Wildman–Crippen MR) is 72.6 cm³/mol. The maximum Gasteiger partial charge on any atom is 0.0754 e. The van der Waals surface area contributed by atoms with Crippen molar-refractivity contribution in [3.8, 4) is 0 Å². The van der Waals surface area contributed by atoms with Crippen LogP contribution in [0.25, 0.3) is 0 Å². The molecule has 0 aromatic carbocycles. The third-order valence-corrected chi connectivity index (χ3v) is 2.62. The van der Waals surface area contributed by atoms with E-state index in [1.807, 2.05) is 6.08 Å². The molecule has 16 heavy (non-hydrogen) atoms. The molecular formula is C15H26O. The first-order valence-corrected chi connectivity index (χ1v) is 6.16. The van der Waals surface area contributed by atoms with Crippen LogP contribution in [-0.4, -0.2) is 5.11 Å². The summed E-state index contributed by atoms with van der Waals surface area (Å²) in [5.41, 5.74) is 2.87. The van der Waals surface area contributed by atoms with E-state index < -0.39 is 0 Å². The fraction of sp³-hybridized carbons (Fsp3) is 0.600. The highest BCUT2D eigenvalue weighted by molar-refractivity contribution is 5.02. The summed E-state index contributed by atoms with van der Waals surface area (Å²) in [7, 11) is 0. The van der Waals surface area contributed by atoms with Crippen LogP contribution in [0.1, 0.15) is 53.4 Å².